The van der Waals surface area contributed by atoms with Crippen LogP contribution in [-0.2, 0) is 6.54 Å². The molecule has 0 N–H and O–H groups in total. The van der Waals surface area contributed by atoms with Gasteiger partial charge in [0.25, 0.3) is 0 Å². The summed E-state index contributed by atoms with van der Waals surface area (Å²) in [5.41, 5.74) is 3.50. The quantitative estimate of drug-likeness (QED) is 0.701. The highest BCUT2D eigenvalue weighted by Crippen LogP contribution is 2.40. The molecule has 0 aliphatic heterocycles. The Morgan fingerprint density at radius 3 is 2.68 bits per heavy atom. The molecular formula is C19H20N2O. The van der Waals surface area contributed by atoms with Gasteiger partial charge in [-0.15, -0.1) is 0 Å². The van der Waals surface area contributed by atoms with Gasteiger partial charge in [-0.25, -0.2) is 4.98 Å². The second-order valence-electron chi connectivity index (χ2n) is 6.00. The summed E-state index contributed by atoms with van der Waals surface area (Å²) in [6.45, 7) is 3.60. The number of benzene rings is 2. The van der Waals surface area contributed by atoms with Crippen LogP contribution >= 0.6 is 0 Å². The average Bonchev–Trinajstić information content (AvgIpc) is 3.32. The van der Waals surface area contributed by atoms with Crippen molar-refractivity contribution in [2.45, 2.75) is 32.2 Å². The Balaban J connectivity index is 1.56. The number of nitrogens with zero attached hydrogens (tertiary/aromatic N) is 2. The van der Waals surface area contributed by atoms with Crippen LogP contribution in [0.1, 0.15) is 30.1 Å². The van der Waals surface area contributed by atoms with E-state index < -0.39 is 0 Å². The highest BCUT2D eigenvalue weighted by Gasteiger charge is 2.29. The Hall–Kier alpha value is -2.29. The number of para-hydroxylation sites is 3. The Kier molecular flexibility index (Phi) is 3.34. The van der Waals surface area contributed by atoms with Gasteiger partial charge in [0.15, 0.2) is 0 Å². The first-order valence-electron chi connectivity index (χ1n) is 7.96. The second-order valence-corrected chi connectivity index (χ2v) is 6.00. The first-order valence-corrected chi connectivity index (χ1v) is 7.96. The van der Waals surface area contributed by atoms with E-state index in [0.717, 1.165) is 17.8 Å². The first-order chi connectivity index (χ1) is 10.8. The summed E-state index contributed by atoms with van der Waals surface area (Å²) in [6.07, 6.45) is 2.53. The number of hydrogen-bond acceptors (Lipinski definition) is 2. The van der Waals surface area contributed by atoms with Gasteiger partial charge in [0.2, 0.25) is 0 Å². The summed E-state index contributed by atoms with van der Waals surface area (Å²) in [5.74, 6) is 2.85. The fraction of sp³-hybridized carbons (Fsp3) is 0.316. The third-order valence-electron chi connectivity index (χ3n) is 4.29. The molecule has 0 spiro atoms. The van der Waals surface area contributed by atoms with Crippen molar-refractivity contribution in [2.24, 2.45) is 0 Å². The molecule has 0 radical (unpaired) electrons. The van der Waals surface area contributed by atoms with Crippen LogP contribution in [-0.4, -0.2) is 16.2 Å². The maximum Gasteiger partial charge on any atom is 0.122 e. The highest BCUT2D eigenvalue weighted by atomic mass is 16.5. The van der Waals surface area contributed by atoms with Crippen molar-refractivity contribution in [3.63, 3.8) is 0 Å². The van der Waals surface area contributed by atoms with Crippen molar-refractivity contribution in [1.29, 1.82) is 0 Å². The van der Waals surface area contributed by atoms with Crippen LogP contribution in [0.2, 0.25) is 0 Å². The normalized spacial score (nSPS) is 14.4. The summed E-state index contributed by atoms with van der Waals surface area (Å²) in [6, 6.07) is 16.6. The lowest BCUT2D eigenvalue weighted by Crippen LogP contribution is -2.11. The summed E-state index contributed by atoms with van der Waals surface area (Å²) >= 11 is 0. The van der Waals surface area contributed by atoms with Gasteiger partial charge < -0.3 is 9.30 Å². The van der Waals surface area contributed by atoms with Gasteiger partial charge in [-0.3, -0.25) is 0 Å². The van der Waals surface area contributed by atoms with Crippen LogP contribution in [0.15, 0.2) is 48.5 Å². The van der Waals surface area contributed by atoms with Gasteiger partial charge in [-0.2, -0.15) is 0 Å². The fourth-order valence-corrected chi connectivity index (χ4v) is 2.95. The lowest BCUT2D eigenvalue weighted by atomic mass is 10.2. The Morgan fingerprint density at radius 1 is 1.09 bits per heavy atom. The minimum Gasteiger partial charge on any atom is -0.491 e. The minimum atomic E-state index is 0.644. The van der Waals surface area contributed by atoms with Crippen molar-refractivity contribution in [1.82, 2.24) is 9.55 Å². The zero-order chi connectivity index (χ0) is 14.9. The van der Waals surface area contributed by atoms with Crippen molar-refractivity contribution in [2.75, 3.05) is 6.61 Å². The number of aromatic nitrogens is 2. The van der Waals surface area contributed by atoms with Gasteiger partial charge in [-0.05, 0) is 43.5 Å². The van der Waals surface area contributed by atoms with Gasteiger partial charge in [0.1, 0.15) is 18.2 Å². The van der Waals surface area contributed by atoms with Gasteiger partial charge in [0.05, 0.1) is 17.6 Å². The molecule has 0 atom stereocenters. The summed E-state index contributed by atoms with van der Waals surface area (Å²) in [7, 11) is 0. The molecule has 1 fully saturated rings. The summed E-state index contributed by atoms with van der Waals surface area (Å²) < 4.78 is 8.30. The van der Waals surface area contributed by atoms with Crippen molar-refractivity contribution >= 4 is 11.0 Å². The third kappa shape index (κ3) is 2.47. The maximum atomic E-state index is 5.97. The molecule has 0 unspecified atom stereocenters. The lowest BCUT2D eigenvalue weighted by molar-refractivity contribution is 0.296. The van der Waals surface area contributed by atoms with E-state index in [2.05, 4.69) is 41.8 Å². The van der Waals surface area contributed by atoms with E-state index in [0.29, 0.717) is 12.5 Å². The molecule has 0 saturated heterocycles. The Morgan fingerprint density at radius 2 is 1.86 bits per heavy atom. The molecule has 3 aromatic rings. The number of hydrogen-bond donors (Lipinski definition) is 0. The topological polar surface area (TPSA) is 27.1 Å². The van der Waals surface area contributed by atoms with Crippen molar-refractivity contribution in [3.8, 4) is 5.75 Å². The van der Waals surface area contributed by atoms with Gasteiger partial charge in [-0.1, -0.05) is 30.3 Å². The van der Waals surface area contributed by atoms with Crippen LogP contribution in [0, 0.1) is 6.92 Å². The molecule has 112 valence electrons. The molecule has 3 heteroatoms. The van der Waals surface area contributed by atoms with E-state index >= 15 is 0 Å². The number of ether oxygens (including phenoxy) is 1. The predicted octanol–water partition coefficient (Wildman–Crippen LogP) is 4.30. The average molecular weight is 292 g/mol. The standard InChI is InChI=1S/C19H20N2O/c1-14-6-2-5-9-18(14)22-13-12-21-17-8-4-3-7-16(17)20-19(21)15-10-11-15/h2-9,15H,10-13H2,1H3. The third-order valence-corrected chi connectivity index (χ3v) is 4.29. The SMILES string of the molecule is Cc1ccccc1OCCn1c(C2CC2)nc2ccccc21. The molecule has 2 aromatic carbocycles. The molecule has 1 aliphatic rings. The van der Waals surface area contributed by atoms with E-state index in [1.165, 1.54) is 29.7 Å². The highest BCUT2D eigenvalue weighted by molar-refractivity contribution is 5.76. The van der Waals surface area contributed by atoms with E-state index in [-0.39, 0.29) is 0 Å². The number of rotatable bonds is 5. The van der Waals surface area contributed by atoms with Crippen LogP contribution < -0.4 is 4.74 Å². The van der Waals surface area contributed by atoms with Crippen molar-refractivity contribution in [3.05, 3.63) is 59.9 Å². The predicted molar refractivity (Wildman–Crippen MR) is 88.4 cm³/mol. The van der Waals surface area contributed by atoms with Crippen LogP contribution in [0.5, 0.6) is 5.75 Å². The Bertz CT molecular complexity index is 802. The smallest absolute Gasteiger partial charge is 0.122 e. The molecule has 1 saturated carbocycles. The monoisotopic (exact) mass is 292 g/mol. The van der Waals surface area contributed by atoms with Crippen LogP contribution in [0.3, 0.4) is 0 Å². The van der Waals surface area contributed by atoms with Crippen molar-refractivity contribution < 1.29 is 4.74 Å². The fourth-order valence-electron chi connectivity index (χ4n) is 2.95. The molecule has 3 nitrogen and oxygen atoms in total. The molecule has 1 aliphatic carbocycles. The van der Waals surface area contributed by atoms with Crippen LogP contribution in [0.25, 0.3) is 11.0 Å². The van der Waals surface area contributed by atoms with E-state index in [1.807, 2.05) is 18.2 Å². The molecule has 1 aromatic heterocycles. The second kappa shape index (κ2) is 5.48. The van der Waals surface area contributed by atoms with Gasteiger partial charge >= 0.3 is 0 Å². The largest absolute Gasteiger partial charge is 0.491 e. The first kappa shape index (κ1) is 13.4. The maximum absolute atomic E-state index is 5.97. The van der Waals surface area contributed by atoms with Crippen LogP contribution in [0.4, 0.5) is 0 Å². The molecule has 1 heterocycles. The number of fused-ring (bicyclic) bond motifs is 1. The summed E-state index contributed by atoms with van der Waals surface area (Å²) in [5, 5.41) is 0. The van der Waals surface area contributed by atoms with E-state index in [1.54, 1.807) is 0 Å². The molecule has 0 amide bonds. The minimum absolute atomic E-state index is 0.644. The van der Waals surface area contributed by atoms with E-state index in [9.17, 15) is 0 Å². The molecular weight excluding hydrogens is 272 g/mol. The Labute approximate surface area is 130 Å². The zero-order valence-electron chi connectivity index (χ0n) is 12.8. The number of aryl methyl sites for hydroxylation is 1. The molecule has 4 rings (SSSR count). The lowest BCUT2D eigenvalue weighted by Gasteiger charge is -2.12. The molecule has 22 heavy (non-hydrogen) atoms. The van der Waals surface area contributed by atoms with Gasteiger partial charge in [0, 0.05) is 5.92 Å². The zero-order valence-corrected chi connectivity index (χ0v) is 12.8. The molecule has 0 bridgehead atoms. The number of imidazole rings is 1. The summed E-state index contributed by atoms with van der Waals surface area (Å²) in [4.78, 5) is 4.83. The van der Waals surface area contributed by atoms with E-state index in [4.69, 9.17) is 9.72 Å².